The SMILES string of the molecule is c1ccc(-c2cc(-c3ccc(-c4c5ccccc5c(-c5ccc(-c6nc7ccccc7n6-c6ccccc6)cn5)c5ccccc45)cc3)nc(-c3ccccc3)n2)cc1. The number of hydrogen-bond donors (Lipinski definition) is 0. The third-order valence-corrected chi connectivity index (χ3v) is 11.1. The molecule has 0 aliphatic rings. The quantitative estimate of drug-likeness (QED) is 0.152. The zero-order chi connectivity index (χ0) is 39.1. The molecule has 3 heterocycles. The molecule has 0 bridgehead atoms. The van der Waals surface area contributed by atoms with Crippen LogP contribution in [-0.4, -0.2) is 24.5 Å². The summed E-state index contributed by atoms with van der Waals surface area (Å²) in [5.74, 6) is 1.56. The van der Waals surface area contributed by atoms with Gasteiger partial charge in [0.25, 0.3) is 0 Å². The first-order valence-corrected chi connectivity index (χ1v) is 19.8. The zero-order valence-corrected chi connectivity index (χ0v) is 31.9. The van der Waals surface area contributed by atoms with Crippen molar-refractivity contribution in [1.29, 1.82) is 0 Å². The number of pyridine rings is 1. The molecule has 11 aromatic rings. The summed E-state index contributed by atoms with van der Waals surface area (Å²) < 4.78 is 2.21. The molecule has 5 nitrogen and oxygen atoms in total. The summed E-state index contributed by atoms with van der Waals surface area (Å²) >= 11 is 0. The molecule has 59 heavy (non-hydrogen) atoms. The Morgan fingerprint density at radius 2 is 0.831 bits per heavy atom. The smallest absolute Gasteiger partial charge is 0.160 e. The van der Waals surface area contributed by atoms with Crippen molar-refractivity contribution < 1.29 is 0 Å². The molecule has 0 aliphatic carbocycles. The van der Waals surface area contributed by atoms with Crippen LogP contribution in [0.1, 0.15) is 0 Å². The predicted molar refractivity (Wildman–Crippen MR) is 242 cm³/mol. The molecule has 0 spiro atoms. The molecule has 0 aliphatic heterocycles. The Hall–Kier alpha value is -8.02. The molecule has 276 valence electrons. The number of hydrogen-bond acceptors (Lipinski definition) is 4. The van der Waals surface area contributed by atoms with Crippen molar-refractivity contribution in [2.75, 3.05) is 0 Å². The van der Waals surface area contributed by atoms with E-state index in [1.807, 2.05) is 54.7 Å². The van der Waals surface area contributed by atoms with Crippen LogP contribution >= 0.6 is 0 Å². The van der Waals surface area contributed by atoms with E-state index in [9.17, 15) is 0 Å². The molecule has 0 atom stereocenters. The lowest BCUT2D eigenvalue weighted by molar-refractivity contribution is 1.10. The van der Waals surface area contributed by atoms with Crippen LogP contribution in [0.3, 0.4) is 0 Å². The zero-order valence-electron chi connectivity index (χ0n) is 31.9. The average molecular weight is 754 g/mol. The standard InChI is InChI=1S/C54H35N5/c1-4-16-36(17-5-1)48-34-49(57-53(56-48)39-18-6-2-7-19-39)37-28-30-38(31-29-37)51-42-22-10-12-24-44(42)52(45-25-13-11-23-43(45)51)47-33-32-40(35-55-47)54-58-46-26-14-15-27-50(46)59(54)41-20-8-3-9-21-41/h1-35H. The van der Waals surface area contributed by atoms with Crippen LogP contribution in [0.5, 0.6) is 0 Å². The van der Waals surface area contributed by atoms with E-state index < -0.39 is 0 Å². The average Bonchev–Trinajstić information content (AvgIpc) is 3.71. The lowest BCUT2D eigenvalue weighted by Gasteiger charge is -2.17. The van der Waals surface area contributed by atoms with Crippen LogP contribution in [0, 0.1) is 0 Å². The maximum Gasteiger partial charge on any atom is 0.160 e. The number of para-hydroxylation sites is 3. The molecule has 0 amide bonds. The maximum atomic E-state index is 5.17. The van der Waals surface area contributed by atoms with Crippen molar-refractivity contribution in [2.45, 2.75) is 0 Å². The Bertz CT molecular complexity index is 3170. The molecule has 8 aromatic carbocycles. The van der Waals surface area contributed by atoms with Gasteiger partial charge in [-0.15, -0.1) is 0 Å². The largest absolute Gasteiger partial charge is 0.292 e. The van der Waals surface area contributed by atoms with Crippen molar-refractivity contribution >= 4 is 32.6 Å². The van der Waals surface area contributed by atoms with Crippen molar-refractivity contribution in [2.24, 2.45) is 0 Å². The number of fused-ring (bicyclic) bond motifs is 3. The lowest BCUT2D eigenvalue weighted by Crippen LogP contribution is -1.98. The van der Waals surface area contributed by atoms with E-state index >= 15 is 0 Å². The summed E-state index contributed by atoms with van der Waals surface area (Å²) in [6.07, 6.45) is 1.96. The van der Waals surface area contributed by atoms with Crippen LogP contribution < -0.4 is 0 Å². The van der Waals surface area contributed by atoms with Crippen LogP contribution in [0.4, 0.5) is 0 Å². The highest BCUT2D eigenvalue weighted by Gasteiger charge is 2.19. The van der Waals surface area contributed by atoms with E-state index in [-0.39, 0.29) is 0 Å². The van der Waals surface area contributed by atoms with Gasteiger partial charge >= 0.3 is 0 Å². The third-order valence-electron chi connectivity index (χ3n) is 11.1. The molecule has 0 fully saturated rings. The summed E-state index contributed by atoms with van der Waals surface area (Å²) in [5, 5.41) is 4.65. The van der Waals surface area contributed by atoms with E-state index in [4.69, 9.17) is 19.9 Å². The summed E-state index contributed by atoms with van der Waals surface area (Å²) in [6, 6.07) is 71.7. The van der Waals surface area contributed by atoms with E-state index in [0.717, 1.165) is 83.8 Å². The number of rotatable bonds is 7. The first kappa shape index (κ1) is 34.2. The van der Waals surface area contributed by atoms with Gasteiger partial charge in [-0.2, -0.15) is 0 Å². The molecule has 3 aromatic heterocycles. The summed E-state index contributed by atoms with van der Waals surface area (Å²) in [5.41, 5.74) is 13.2. The topological polar surface area (TPSA) is 56.5 Å². The van der Waals surface area contributed by atoms with E-state index in [0.29, 0.717) is 5.82 Å². The van der Waals surface area contributed by atoms with Crippen LogP contribution in [0.2, 0.25) is 0 Å². The fraction of sp³-hybridized carbons (Fsp3) is 0. The molecule has 0 unspecified atom stereocenters. The van der Waals surface area contributed by atoms with Gasteiger partial charge in [-0.05, 0) is 75.1 Å². The number of benzene rings is 8. The lowest BCUT2D eigenvalue weighted by atomic mass is 9.87. The van der Waals surface area contributed by atoms with Gasteiger partial charge in [0.1, 0.15) is 5.82 Å². The van der Waals surface area contributed by atoms with Gasteiger partial charge in [0.15, 0.2) is 5.82 Å². The van der Waals surface area contributed by atoms with Crippen molar-refractivity contribution in [3.63, 3.8) is 0 Å². The Labute approximate surface area is 341 Å². The minimum atomic E-state index is 0.704. The Morgan fingerprint density at radius 1 is 0.339 bits per heavy atom. The highest BCUT2D eigenvalue weighted by molar-refractivity contribution is 6.21. The normalized spacial score (nSPS) is 11.4. The van der Waals surface area contributed by atoms with Crippen LogP contribution in [0.25, 0.3) is 106 Å². The van der Waals surface area contributed by atoms with Crippen LogP contribution in [0.15, 0.2) is 212 Å². The van der Waals surface area contributed by atoms with Gasteiger partial charge in [0.05, 0.1) is 28.1 Å². The minimum absolute atomic E-state index is 0.704. The van der Waals surface area contributed by atoms with Gasteiger partial charge in [-0.25, -0.2) is 15.0 Å². The Kier molecular flexibility index (Phi) is 8.41. The second-order valence-corrected chi connectivity index (χ2v) is 14.6. The van der Waals surface area contributed by atoms with Gasteiger partial charge < -0.3 is 0 Å². The summed E-state index contributed by atoms with van der Waals surface area (Å²) in [7, 11) is 0. The molecule has 0 N–H and O–H groups in total. The molecule has 5 heteroatoms. The summed E-state index contributed by atoms with van der Waals surface area (Å²) in [6.45, 7) is 0. The third kappa shape index (κ3) is 6.13. The second kappa shape index (κ2) is 14.5. The highest BCUT2D eigenvalue weighted by atomic mass is 15.1. The predicted octanol–water partition coefficient (Wildman–Crippen LogP) is 13.5. The van der Waals surface area contributed by atoms with E-state index in [1.54, 1.807) is 0 Å². The number of imidazole rings is 1. The Balaban J connectivity index is 1.02. The first-order chi connectivity index (χ1) is 29.3. The number of aromatic nitrogens is 5. The van der Waals surface area contributed by atoms with Gasteiger partial charge in [-0.3, -0.25) is 9.55 Å². The van der Waals surface area contributed by atoms with Crippen LogP contribution in [-0.2, 0) is 0 Å². The first-order valence-electron chi connectivity index (χ1n) is 19.8. The highest BCUT2D eigenvalue weighted by Crippen LogP contribution is 2.44. The number of nitrogens with zero attached hydrogens (tertiary/aromatic N) is 5. The maximum absolute atomic E-state index is 5.17. The molecule has 0 radical (unpaired) electrons. The van der Waals surface area contributed by atoms with Crippen molar-refractivity contribution in [1.82, 2.24) is 24.5 Å². The molecule has 11 rings (SSSR count). The van der Waals surface area contributed by atoms with Gasteiger partial charge in [0.2, 0.25) is 0 Å². The van der Waals surface area contributed by atoms with E-state index in [1.165, 1.54) is 16.3 Å². The van der Waals surface area contributed by atoms with Gasteiger partial charge in [0, 0.05) is 39.7 Å². The van der Waals surface area contributed by atoms with E-state index in [2.05, 4.69) is 162 Å². The molecule has 0 saturated carbocycles. The van der Waals surface area contributed by atoms with Crippen molar-refractivity contribution in [3.05, 3.63) is 212 Å². The second-order valence-electron chi connectivity index (χ2n) is 14.6. The van der Waals surface area contributed by atoms with Crippen molar-refractivity contribution in [3.8, 4) is 73.4 Å². The monoisotopic (exact) mass is 753 g/mol. The fourth-order valence-corrected chi connectivity index (χ4v) is 8.32. The molecular weight excluding hydrogens is 719 g/mol. The summed E-state index contributed by atoms with van der Waals surface area (Å²) in [4.78, 5) is 20.3. The van der Waals surface area contributed by atoms with Gasteiger partial charge in [-0.1, -0.05) is 164 Å². The molecule has 0 saturated heterocycles. The minimum Gasteiger partial charge on any atom is -0.292 e. The molecular formula is C54H35N5. The fourth-order valence-electron chi connectivity index (χ4n) is 8.32. The Morgan fingerprint density at radius 3 is 1.44 bits per heavy atom.